The van der Waals surface area contributed by atoms with Crippen LogP contribution in [0.1, 0.15) is 24.2 Å². The van der Waals surface area contributed by atoms with Crippen molar-refractivity contribution in [2.75, 3.05) is 24.9 Å². The first kappa shape index (κ1) is 16.6. The Bertz CT molecular complexity index is 687. The molecule has 122 valence electrons. The lowest BCUT2D eigenvalue weighted by molar-refractivity contribution is 0.102. The molecule has 2 rings (SSSR count). The van der Waals surface area contributed by atoms with Crippen molar-refractivity contribution in [2.24, 2.45) is 0 Å². The van der Waals surface area contributed by atoms with Crippen molar-refractivity contribution in [1.29, 1.82) is 0 Å². The average Bonchev–Trinajstić information content (AvgIpc) is 2.54. The second-order valence-electron chi connectivity index (χ2n) is 5.28. The molecule has 6 nitrogen and oxygen atoms in total. The molecule has 23 heavy (non-hydrogen) atoms. The van der Waals surface area contributed by atoms with Gasteiger partial charge in [-0.2, -0.15) is 0 Å². The maximum Gasteiger partial charge on any atom is 0.257 e. The fraction of sp³-hybridized carbons (Fsp3) is 0.294. The number of pyridine rings is 1. The zero-order chi connectivity index (χ0) is 16.8. The Morgan fingerprint density at radius 2 is 1.91 bits per heavy atom. The van der Waals surface area contributed by atoms with E-state index in [9.17, 15) is 4.79 Å². The van der Waals surface area contributed by atoms with E-state index in [1.807, 2.05) is 13.8 Å². The molecule has 0 radical (unpaired) electrons. The van der Waals surface area contributed by atoms with Crippen molar-refractivity contribution in [3.05, 3.63) is 42.2 Å². The molecule has 0 spiro atoms. The van der Waals surface area contributed by atoms with E-state index >= 15 is 0 Å². The maximum absolute atomic E-state index is 12.4. The number of carbonyl (C=O) groups is 1. The van der Waals surface area contributed by atoms with E-state index in [1.54, 1.807) is 44.7 Å². The van der Waals surface area contributed by atoms with Crippen LogP contribution in [0.2, 0.25) is 0 Å². The lowest BCUT2D eigenvalue weighted by atomic mass is 10.2. The molecule has 0 aliphatic heterocycles. The van der Waals surface area contributed by atoms with Crippen molar-refractivity contribution < 1.29 is 14.3 Å². The molecule has 1 heterocycles. The number of hydrogen-bond donors (Lipinski definition) is 2. The third-order valence-corrected chi connectivity index (χ3v) is 3.11. The molecule has 0 atom stereocenters. The molecule has 0 fully saturated rings. The number of hydrogen-bond acceptors (Lipinski definition) is 5. The van der Waals surface area contributed by atoms with Crippen LogP contribution < -0.4 is 20.1 Å². The summed E-state index contributed by atoms with van der Waals surface area (Å²) in [6, 6.07) is 7.23. The zero-order valence-electron chi connectivity index (χ0n) is 13.7. The van der Waals surface area contributed by atoms with Gasteiger partial charge in [0.2, 0.25) is 0 Å². The van der Waals surface area contributed by atoms with E-state index in [1.165, 1.54) is 6.20 Å². The summed E-state index contributed by atoms with van der Waals surface area (Å²) in [7, 11) is 3.12. The third kappa shape index (κ3) is 4.35. The van der Waals surface area contributed by atoms with Gasteiger partial charge in [-0.25, -0.2) is 0 Å². The highest BCUT2D eigenvalue weighted by Gasteiger charge is 2.12. The summed E-state index contributed by atoms with van der Waals surface area (Å²) in [5.41, 5.74) is 1.80. The number of ether oxygens (including phenoxy) is 2. The van der Waals surface area contributed by atoms with E-state index in [0.717, 1.165) is 5.69 Å². The van der Waals surface area contributed by atoms with Crippen LogP contribution in [-0.2, 0) is 0 Å². The topological polar surface area (TPSA) is 72.5 Å². The Kier molecular flexibility index (Phi) is 5.41. The minimum absolute atomic E-state index is 0.258. The van der Waals surface area contributed by atoms with E-state index in [2.05, 4.69) is 15.6 Å². The summed E-state index contributed by atoms with van der Waals surface area (Å²) < 4.78 is 10.4. The molecule has 6 heteroatoms. The average molecular weight is 315 g/mol. The van der Waals surface area contributed by atoms with Gasteiger partial charge in [0.25, 0.3) is 5.91 Å². The van der Waals surface area contributed by atoms with E-state index in [0.29, 0.717) is 22.7 Å². The Morgan fingerprint density at radius 3 is 2.57 bits per heavy atom. The SMILES string of the molecule is COc1ccc(OC)c(NC(=O)c2cncc(NC(C)C)c2)c1. The summed E-state index contributed by atoms with van der Waals surface area (Å²) in [5, 5.41) is 6.04. The predicted octanol–water partition coefficient (Wildman–Crippen LogP) is 3.17. The van der Waals surface area contributed by atoms with Gasteiger partial charge < -0.3 is 20.1 Å². The molecule has 1 aromatic heterocycles. The number of amides is 1. The number of aromatic nitrogens is 1. The second kappa shape index (κ2) is 7.49. The van der Waals surface area contributed by atoms with Crippen LogP contribution in [-0.4, -0.2) is 31.2 Å². The molecule has 2 aromatic rings. The van der Waals surface area contributed by atoms with Gasteiger partial charge in [0.05, 0.1) is 31.2 Å². The number of benzene rings is 1. The number of methoxy groups -OCH3 is 2. The molecular weight excluding hydrogens is 294 g/mol. The fourth-order valence-electron chi connectivity index (χ4n) is 2.08. The molecule has 1 aromatic carbocycles. The first-order chi connectivity index (χ1) is 11.0. The molecule has 0 saturated heterocycles. The summed E-state index contributed by atoms with van der Waals surface area (Å²) in [6.07, 6.45) is 3.20. The number of rotatable bonds is 6. The van der Waals surface area contributed by atoms with Crippen LogP contribution in [0.4, 0.5) is 11.4 Å². The van der Waals surface area contributed by atoms with E-state index in [4.69, 9.17) is 9.47 Å². The number of carbonyl (C=O) groups excluding carboxylic acids is 1. The van der Waals surface area contributed by atoms with Crippen molar-refractivity contribution in [2.45, 2.75) is 19.9 Å². The number of anilines is 2. The van der Waals surface area contributed by atoms with Gasteiger partial charge in [-0.3, -0.25) is 9.78 Å². The van der Waals surface area contributed by atoms with Crippen LogP contribution in [0.3, 0.4) is 0 Å². The van der Waals surface area contributed by atoms with Crippen molar-refractivity contribution >= 4 is 17.3 Å². The highest BCUT2D eigenvalue weighted by atomic mass is 16.5. The zero-order valence-corrected chi connectivity index (χ0v) is 13.7. The highest BCUT2D eigenvalue weighted by molar-refractivity contribution is 6.05. The second-order valence-corrected chi connectivity index (χ2v) is 5.28. The Hall–Kier alpha value is -2.76. The van der Waals surface area contributed by atoms with Gasteiger partial charge in [0, 0.05) is 24.5 Å². The fourth-order valence-corrected chi connectivity index (χ4v) is 2.08. The van der Waals surface area contributed by atoms with E-state index in [-0.39, 0.29) is 11.9 Å². The molecule has 0 bridgehead atoms. The van der Waals surface area contributed by atoms with Crippen LogP contribution in [0.5, 0.6) is 11.5 Å². The smallest absolute Gasteiger partial charge is 0.257 e. The van der Waals surface area contributed by atoms with Gasteiger partial charge in [-0.1, -0.05) is 0 Å². The first-order valence-corrected chi connectivity index (χ1v) is 7.28. The molecule has 2 N–H and O–H groups in total. The molecule has 0 aliphatic rings. The van der Waals surface area contributed by atoms with Crippen LogP contribution in [0.15, 0.2) is 36.7 Å². The molecule has 0 saturated carbocycles. The Balaban J connectivity index is 2.22. The van der Waals surface area contributed by atoms with Gasteiger partial charge >= 0.3 is 0 Å². The van der Waals surface area contributed by atoms with Crippen molar-refractivity contribution in [3.8, 4) is 11.5 Å². The minimum Gasteiger partial charge on any atom is -0.497 e. The van der Waals surface area contributed by atoms with Gasteiger partial charge in [-0.05, 0) is 32.0 Å². The molecule has 0 unspecified atom stereocenters. The molecule has 1 amide bonds. The van der Waals surface area contributed by atoms with Gasteiger partial charge in [0.15, 0.2) is 0 Å². The summed E-state index contributed by atoms with van der Waals surface area (Å²) >= 11 is 0. The Morgan fingerprint density at radius 1 is 1.13 bits per heavy atom. The third-order valence-electron chi connectivity index (χ3n) is 3.11. The van der Waals surface area contributed by atoms with Crippen molar-refractivity contribution in [3.63, 3.8) is 0 Å². The number of nitrogens with zero attached hydrogens (tertiary/aromatic N) is 1. The first-order valence-electron chi connectivity index (χ1n) is 7.28. The largest absolute Gasteiger partial charge is 0.497 e. The lowest BCUT2D eigenvalue weighted by Crippen LogP contribution is -2.15. The molecular formula is C17H21N3O3. The monoisotopic (exact) mass is 315 g/mol. The number of nitrogens with one attached hydrogen (secondary N) is 2. The Labute approximate surface area is 135 Å². The predicted molar refractivity (Wildman–Crippen MR) is 90.5 cm³/mol. The summed E-state index contributed by atoms with van der Waals surface area (Å²) in [5.74, 6) is 0.925. The highest BCUT2D eigenvalue weighted by Crippen LogP contribution is 2.29. The maximum atomic E-state index is 12.4. The van der Waals surface area contributed by atoms with Gasteiger partial charge in [-0.15, -0.1) is 0 Å². The summed E-state index contributed by atoms with van der Waals surface area (Å²) in [4.78, 5) is 16.5. The van der Waals surface area contributed by atoms with Crippen molar-refractivity contribution in [1.82, 2.24) is 4.98 Å². The minimum atomic E-state index is -0.267. The standard InChI is InChI=1S/C17H21N3O3/c1-11(2)19-13-7-12(9-18-10-13)17(21)20-15-8-14(22-3)5-6-16(15)23-4/h5-11,19H,1-4H3,(H,20,21). The summed E-state index contributed by atoms with van der Waals surface area (Å²) in [6.45, 7) is 4.04. The van der Waals surface area contributed by atoms with E-state index < -0.39 is 0 Å². The van der Waals surface area contributed by atoms with Crippen LogP contribution in [0, 0.1) is 0 Å². The lowest BCUT2D eigenvalue weighted by Gasteiger charge is -2.13. The van der Waals surface area contributed by atoms with Crippen LogP contribution in [0.25, 0.3) is 0 Å². The molecule has 0 aliphatic carbocycles. The van der Waals surface area contributed by atoms with Crippen LogP contribution >= 0.6 is 0 Å². The van der Waals surface area contributed by atoms with Gasteiger partial charge in [0.1, 0.15) is 11.5 Å². The quantitative estimate of drug-likeness (QED) is 0.856. The normalized spacial score (nSPS) is 10.3.